The van der Waals surface area contributed by atoms with Gasteiger partial charge in [0.1, 0.15) is 12.4 Å². The van der Waals surface area contributed by atoms with Gasteiger partial charge in [0.15, 0.2) is 0 Å². The summed E-state index contributed by atoms with van der Waals surface area (Å²) in [6, 6.07) is 6.15. The van der Waals surface area contributed by atoms with Crippen molar-refractivity contribution in [3.05, 3.63) is 41.5 Å². The van der Waals surface area contributed by atoms with Gasteiger partial charge >= 0.3 is 0 Å². The SMILES string of the molecule is CCC(N)Cc1ccc(OCc2cc(C)nn2CC)cn1. The smallest absolute Gasteiger partial charge is 0.138 e. The van der Waals surface area contributed by atoms with Crippen LogP contribution in [0.4, 0.5) is 0 Å². The van der Waals surface area contributed by atoms with E-state index in [0.717, 1.165) is 42.2 Å². The number of nitrogens with zero attached hydrogens (tertiary/aromatic N) is 3. The van der Waals surface area contributed by atoms with E-state index in [1.54, 1.807) is 6.20 Å². The van der Waals surface area contributed by atoms with E-state index in [9.17, 15) is 0 Å². The Kier molecular flexibility index (Phi) is 5.33. The fourth-order valence-corrected chi connectivity index (χ4v) is 2.18. The maximum Gasteiger partial charge on any atom is 0.138 e. The molecule has 0 aliphatic carbocycles. The minimum atomic E-state index is 0.172. The molecule has 0 aliphatic rings. The van der Waals surface area contributed by atoms with E-state index in [1.165, 1.54) is 0 Å². The molecule has 2 heterocycles. The number of rotatable bonds is 7. The van der Waals surface area contributed by atoms with Crippen LogP contribution in [0.3, 0.4) is 0 Å². The predicted molar refractivity (Wildman–Crippen MR) is 83.2 cm³/mol. The van der Waals surface area contributed by atoms with Crippen LogP contribution in [-0.4, -0.2) is 20.8 Å². The number of hydrogen-bond acceptors (Lipinski definition) is 4. The molecule has 21 heavy (non-hydrogen) atoms. The summed E-state index contributed by atoms with van der Waals surface area (Å²) in [5.74, 6) is 0.769. The van der Waals surface area contributed by atoms with Crippen molar-refractivity contribution >= 4 is 0 Å². The zero-order valence-electron chi connectivity index (χ0n) is 13.0. The molecule has 1 unspecified atom stereocenters. The van der Waals surface area contributed by atoms with Gasteiger partial charge in [0.25, 0.3) is 0 Å². The van der Waals surface area contributed by atoms with Crippen LogP contribution in [0.25, 0.3) is 0 Å². The lowest BCUT2D eigenvalue weighted by Gasteiger charge is -2.10. The van der Waals surface area contributed by atoms with Crippen molar-refractivity contribution in [2.75, 3.05) is 0 Å². The molecule has 0 spiro atoms. The zero-order valence-corrected chi connectivity index (χ0v) is 13.0. The van der Waals surface area contributed by atoms with E-state index in [4.69, 9.17) is 10.5 Å². The van der Waals surface area contributed by atoms with Gasteiger partial charge in [-0.05, 0) is 38.5 Å². The van der Waals surface area contributed by atoms with Gasteiger partial charge in [0.2, 0.25) is 0 Å². The maximum absolute atomic E-state index is 5.93. The minimum absolute atomic E-state index is 0.172. The maximum atomic E-state index is 5.93. The van der Waals surface area contributed by atoms with Crippen LogP contribution in [0.15, 0.2) is 24.4 Å². The molecule has 0 radical (unpaired) electrons. The Morgan fingerprint density at radius 3 is 2.76 bits per heavy atom. The summed E-state index contributed by atoms with van der Waals surface area (Å²) in [5, 5.41) is 4.40. The number of aromatic nitrogens is 3. The molecule has 1 atom stereocenters. The number of ether oxygens (including phenoxy) is 1. The van der Waals surface area contributed by atoms with Crippen LogP contribution < -0.4 is 10.5 Å². The Bertz CT molecular complexity index is 562. The molecule has 114 valence electrons. The average molecular weight is 288 g/mol. The Labute approximate surface area is 126 Å². The highest BCUT2D eigenvalue weighted by atomic mass is 16.5. The molecule has 2 rings (SSSR count). The van der Waals surface area contributed by atoms with E-state index in [0.29, 0.717) is 6.61 Å². The van der Waals surface area contributed by atoms with Gasteiger partial charge < -0.3 is 10.5 Å². The molecule has 2 aromatic rings. The predicted octanol–water partition coefficient (Wildman–Crippen LogP) is 2.47. The van der Waals surface area contributed by atoms with Crippen LogP contribution in [0.2, 0.25) is 0 Å². The topological polar surface area (TPSA) is 66.0 Å². The molecule has 0 aliphatic heterocycles. The molecule has 2 aromatic heterocycles. The van der Waals surface area contributed by atoms with Gasteiger partial charge in [-0.2, -0.15) is 5.10 Å². The fourth-order valence-electron chi connectivity index (χ4n) is 2.18. The zero-order chi connectivity index (χ0) is 15.2. The second-order valence-corrected chi connectivity index (χ2v) is 5.24. The Morgan fingerprint density at radius 1 is 1.33 bits per heavy atom. The molecular formula is C16H24N4O. The molecule has 0 saturated heterocycles. The van der Waals surface area contributed by atoms with Crippen molar-refractivity contribution in [2.24, 2.45) is 5.73 Å². The van der Waals surface area contributed by atoms with E-state index >= 15 is 0 Å². The molecule has 5 nitrogen and oxygen atoms in total. The van der Waals surface area contributed by atoms with Gasteiger partial charge in [-0.15, -0.1) is 0 Å². The lowest BCUT2D eigenvalue weighted by atomic mass is 10.1. The standard InChI is InChI=1S/C16H24N4O/c1-4-13(17)9-14-6-7-16(10-18-14)21-11-15-8-12(3)19-20(15)5-2/h6-8,10,13H,4-5,9,11,17H2,1-3H3. The lowest BCUT2D eigenvalue weighted by Crippen LogP contribution is -2.21. The van der Waals surface area contributed by atoms with Crippen LogP contribution in [0, 0.1) is 6.92 Å². The monoisotopic (exact) mass is 288 g/mol. The first-order valence-corrected chi connectivity index (χ1v) is 7.49. The molecule has 0 aromatic carbocycles. The van der Waals surface area contributed by atoms with Crippen molar-refractivity contribution in [3.8, 4) is 5.75 Å². The molecular weight excluding hydrogens is 264 g/mol. The summed E-state index contributed by atoms with van der Waals surface area (Å²) >= 11 is 0. The van der Waals surface area contributed by atoms with E-state index in [2.05, 4.69) is 23.9 Å². The summed E-state index contributed by atoms with van der Waals surface area (Å²) in [5.41, 5.74) is 9.02. The second kappa shape index (κ2) is 7.22. The highest BCUT2D eigenvalue weighted by Gasteiger charge is 2.06. The third-order valence-corrected chi connectivity index (χ3v) is 3.47. The molecule has 0 bridgehead atoms. The Morgan fingerprint density at radius 2 is 2.14 bits per heavy atom. The Balaban J connectivity index is 1.94. The van der Waals surface area contributed by atoms with Crippen molar-refractivity contribution in [1.29, 1.82) is 0 Å². The van der Waals surface area contributed by atoms with Gasteiger partial charge in [0, 0.05) is 24.7 Å². The van der Waals surface area contributed by atoms with Gasteiger partial charge in [0.05, 0.1) is 17.6 Å². The van der Waals surface area contributed by atoms with Crippen LogP contribution in [0.5, 0.6) is 5.75 Å². The van der Waals surface area contributed by atoms with Crippen LogP contribution in [-0.2, 0) is 19.6 Å². The highest BCUT2D eigenvalue weighted by Crippen LogP contribution is 2.13. The molecule has 0 fully saturated rings. The van der Waals surface area contributed by atoms with Gasteiger partial charge in [-0.3, -0.25) is 9.67 Å². The summed E-state index contributed by atoms with van der Waals surface area (Å²) in [7, 11) is 0. The van der Waals surface area contributed by atoms with E-state index in [-0.39, 0.29) is 6.04 Å². The highest BCUT2D eigenvalue weighted by molar-refractivity contribution is 5.21. The number of aryl methyl sites for hydroxylation is 2. The first-order chi connectivity index (χ1) is 10.1. The van der Waals surface area contributed by atoms with Gasteiger partial charge in [-0.1, -0.05) is 6.92 Å². The molecule has 0 amide bonds. The first-order valence-electron chi connectivity index (χ1n) is 7.49. The van der Waals surface area contributed by atoms with Crippen molar-refractivity contribution in [2.45, 2.75) is 52.8 Å². The summed E-state index contributed by atoms with van der Waals surface area (Å²) in [4.78, 5) is 4.40. The van der Waals surface area contributed by atoms with Crippen molar-refractivity contribution < 1.29 is 4.74 Å². The van der Waals surface area contributed by atoms with Crippen LogP contribution >= 0.6 is 0 Å². The third-order valence-electron chi connectivity index (χ3n) is 3.47. The molecule has 0 saturated carbocycles. The normalized spacial score (nSPS) is 12.4. The van der Waals surface area contributed by atoms with E-state index in [1.807, 2.05) is 29.8 Å². The van der Waals surface area contributed by atoms with E-state index < -0.39 is 0 Å². The summed E-state index contributed by atoms with van der Waals surface area (Å²) < 4.78 is 7.74. The van der Waals surface area contributed by atoms with Crippen molar-refractivity contribution in [3.63, 3.8) is 0 Å². The average Bonchev–Trinajstić information content (AvgIpc) is 2.86. The number of pyridine rings is 1. The minimum Gasteiger partial charge on any atom is -0.486 e. The van der Waals surface area contributed by atoms with Gasteiger partial charge in [-0.25, -0.2) is 0 Å². The molecule has 2 N–H and O–H groups in total. The lowest BCUT2D eigenvalue weighted by molar-refractivity contribution is 0.291. The molecule has 5 heteroatoms. The van der Waals surface area contributed by atoms with Crippen molar-refractivity contribution in [1.82, 2.24) is 14.8 Å². The summed E-state index contributed by atoms with van der Waals surface area (Å²) in [6.45, 7) is 7.50. The first kappa shape index (κ1) is 15.5. The Hall–Kier alpha value is -1.88. The third kappa shape index (κ3) is 4.29. The number of nitrogens with two attached hydrogens (primary N) is 1. The largest absolute Gasteiger partial charge is 0.486 e. The number of hydrogen-bond donors (Lipinski definition) is 1. The quantitative estimate of drug-likeness (QED) is 0.850. The van der Waals surface area contributed by atoms with Crippen LogP contribution in [0.1, 0.15) is 37.4 Å². The fraction of sp³-hybridized carbons (Fsp3) is 0.500. The summed E-state index contributed by atoms with van der Waals surface area (Å²) in [6.07, 6.45) is 3.52. The second-order valence-electron chi connectivity index (χ2n) is 5.24.